The van der Waals surface area contributed by atoms with Crippen LogP contribution in [0.15, 0.2) is 30.3 Å². The Kier molecular flexibility index (Phi) is 25.3. The van der Waals surface area contributed by atoms with Crippen LogP contribution in [-0.2, 0) is 36.9 Å². The molecule has 0 unspecified atom stereocenters. The van der Waals surface area contributed by atoms with Gasteiger partial charge < -0.3 is 48.6 Å². The zero-order valence-corrected chi connectivity index (χ0v) is 18.7. The molecule has 0 radical (unpaired) electrons. The van der Waals surface area contributed by atoms with Crippen molar-refractivity contribution in [2.75, 3.05) is 59.0 Å². The van der Waals surface area contributed by atoms with E-state index in [1.165, 1.54) is 0 Å². The minimum absolute atomic E-state index is 0. The molecule has 0 saturated carbocycles. The van der Waals surface area contributed by atoms with Gasteiger partial charge in [-0.05, 0) is 5.56 Å². The van der Waals surface area contributed by atoms with Crippen molar-refractivity contribution in [3.63, 3.8) is 0 Å². The third kappa shape index (κ3) is 17.4. The molecule has 154 valence electrons. The molecule has 1 fully saturated rings. The van der Waals surface area contributed by atoms with Crippen molar-refractivity contribution in [2.24, 2.45) is 0 Å². The van der Waals surface area contributed by atoms with Crippen molar-refractivity contribution < 1.29 is 57.6 Å². The number of hydrogen-bond donors (Lipinski definition) is 3. The van der Waals surface area contributed by atoms with Crippen LogP contribution in [-0.4, -0.2) is 69.8 Å². The number of nitrogens with zero attached hydrogens (tertiary/aromatic N) is 1. The smallest absolute Gasteiger partial charge is 2.00 e. The van der Waals surface area contributed by atoms with Crippen LogP contribution in [0, 0.1) is 0 Å². The van der Waals surface area contributed by atoms with Gasteiger partial charge >= 0.3 is 20.1 Å². The fraction of sp³-hybridized carbons (Fsp3) is 0.588. The molecule has 1 heterocycles. The van der Waals surface area contributed by atoms with Gasteiger partial charge in [0.1, 0.15) is 0 Å². The second-order valence-electron chi connectivity index (χ2n) is 5.45. The number of benzene rings is 1. The van der Waals surface area contributed by atoms with E-state index in [1.807, 2.05) is 30.3 Å². The Morgan fingerprint density at radius 3 is 2.00 bits per heavy atom. The maximum absolute atomic E-state index is 12.0. The molecule has 1 aliphatic rings. The maximum Gasteiger partial charge on any atom is 5.00 e. The molecular formula is C17H28BrN4O4Tc. The maximum atomic E-state index is 12.0. The van der Waals surface area contributed by atoms with E-state index in [2.05, 4.69) is 20.9 Å². The minimum atomic E-state index is -0.486. The summed E-state index contributed by atoms with van der Waals surface area (Å²) in [6, 6.07) is 10.00. The van der Waals surface area contributed by atoms with Crippen LogP contribution >= 0.6 is 0 Å². The Labute approximate surface area is 185 Å². The van der Waals surface area contributed by atoms with E-state index < -0.39 is 13.2 Å². The first kappa shape index (κ1) is 31.3. The van der Waals surface area contributed by atoms with Gasteiger partial charge in [-0.3, -0.25) is 9.69 Å². The molecule has 1 aliphatic heterocycles. The number of carbonyl (C=O) groups is 1. The van der Waals surface area contributed by atoms with Crippen molar-refractivity contribution in [1.82, 2.24) is 20.9 Å². The summed E-state index contributed by atoms with van der Waals surface area (Å²) in [7, 11) is 0. The Morgan fingerprint density at radius 1 is 1.00 bits per heavy atom. The number of rotatable bonds is 5. The third-order valence-electron chi connectivity index (χ3n) is 3.47. The third-order valence-corrected chi connectivity index (χ3v) is 3.47. The van der Waals surface area contributed by atoms with Gasteiger partial charge in [0.15, 0.2) is 0 Å². The fourth-order valence-corrected chi connectivity index (χ4v) is 2.23. The van der Waals surface area contributed by atoms with Crippen LogP contribution < -0.4 is 43.1 Å². The predicted octanol–water partition coefficient (Wildman–Crippen LogP) is -5.61. The molecule has 1 saturated heterocycles. The van der Waals surface area contributed by atoms with Gasteiger partial charge in [0.05, 0.1) is 6.54 Å². The van der Waals surface area contributed by atoms with Gasteiger partial charge in [-0.25, -0.2) is 0 Å². The van der Waals surface area contributed by atoms with E-state index >= 15 is 0 Å². The molecule has 0 atom stereocenters. The first-order chi connectivity index (χ1) is 11.8. The van der Waals surface area contributed by atoms with Crippen LogP contribution in [0.4, 0.5) is 0 Å². The Bertz CT molecular complexity index is 434. The van der Waals surface area contributed by atoms with E-state index in [0.717, 1.165) is 44.8 Å². The van der Waals surface area contributed by atoms with Crippen LogP contribution in [0.2, 0.25) is 0 Å². The topological polar surface area (TPSA) is 131 Å². The molecule has 0 spiro atoms. The second kappa shape index (κ2) is 21.9. The van der Waals surface area contributed by atoms with E-state index in [0.29, 0.717) is 13.1 Å². The molecule has 3 N–H and O–H groups in total. The first-order valence-corrected chi connectivity index (χ1v) is 8.37. The summed E-state index contributed by atoms with van der Waals surface area (Å²) < 4.78 is 0. The standard InChI is InChI=1S/C15H24N4O.C2H4O2.BrH.O.Tc/c20-15(18-12-14-4-2-1-3-5-14)13-19-10-8-16-6-7-17-9-11-19;3-1-2-4;;;/h1-5,16-17H,6-13H2,(H,18,20);1-2H2;1H;;/q;-2;;-2;+5/p-1. The zero-order valence-electron chi connectivity index (χ0n) is 15.3. The van der Waals surface area contributed by atoms with Gasteiger partial charge in [-0.1, -0.05) is 30.3 Å². The fourth-order valence-electron chi connectivity index (χ4n) is 2.23. The monoisotopic (exact) mass is 528 g/mol. The Hall–Kier alpha value is -0.421. The molecule has 8 nitrogen and oxygen atoms in total. The summed E-state index contributed by atoms with van der Waals surface area (Å²) in [4.78, 5) is 14.2. The molecule has 27 heavy (non-hydrogen) atoms. The molecule has 0 bridgehead atoms. The summed E-state index contributed by atoms with van der Waals surface area (Å²) in [5, 5.41) is 27.7. The van der Waals surface area contributed by atoms with Crippen LogP contribution in [0.1, 0.15) is 5.56 Å². The zero-order chi connectivity index (χ0) is 17.5. The van der Waals surface area contributed by atoms with Crippen molar-refractivity contribution >= 4 is 5.91 Å². The molecule has 10 heteroatoms. The van der Waals surface area contributed by atoms with Crippen LogP contribution in [0.25, 0.3) is 0 Å². The van der Waals surface area contributed by atoms with Crippen molar-refractivity contribution in [3.05, 3.63) is 35.9 Å². The van der Waals surface area contributed by atoms with Gasteiger partial charge in [0.25, 0.3) is 0 Å². The number of hydrogen-bond acceptors (Lipinski definition) is 6. The van der Waals surface area contributed by atoms with E-state index in [9.17, 15) is 4.79 Å². The number of carbonyl (C=O) groups excluding carboxylic acids is 1. The van der Waals surface area contributed by atoms with Crippen LogP contribution in [0.5, 0.6) is 0 Å². The largest absolute Gasteiger partial charge is 5.00 e. The Morgan fingerprint density at radius 2 is 1.52 bits per heavy atom. The number of nitrogens with one attached hydrogen (secondary N) is 3. The molecule has 0 aromatic heterocycles. The normalized spacial score (nSPS) is 14.3. The van der Waals surface area contributed by atoms with Crippen molar-refractivity contribution in [1.29, 1.82) is 0 Å². The molecule has 2 rings (SSSR count). The average molecular weight is 530 g/mol. The number of halogens is 1. The number of amides is 1. The quantitative estimate of drug-likeness (QED) is 0.348. The summed E-state index contributed by atoms with van der Waals surface area (Å²) in [6.07, 6.45) is 0. The minimum Gasteiger partial charge on any atom is -2.00 e. The summed E-state index contributed by atoms with van der Waals surface area (Å²) in [5.41, 5.74) is 1.13. The molecule has 1 amide bonds. The Balaban J connectivity index is -0.000000751. The van der Waals surface area contributed by atoms with E-state index in [1.54, 1.807) is 0 Å². The van der Waals surface area contributed by atoms with Crippen LogP contribution in [0.3, 0.4) is 0 Å². The summed E-state index contributed by atoms with van der Waals surface area (Å²) in [5.74, 6) is 0.0908. The van der Waals surface area contributed by atoms with Crippen molar-refractivity contribution in [3.8, 4) is 0 Å². The average Bonchev–Trinajstić information content (AvgIpc) is 2.75. The van der Waals surface area contributed by atoms with E-state index in [-0.39, 0.29) is 48.5 Å². The SMILES string of the molecule is O=C(CN1CCNCCNCC1)NCc1ccccc1.[Br-].[O-2].[O-]CC[O-].[Tc+5]. The molecule has 0 aliphatic carbocycles. The van der Waals surface area contributed by atoms with Gasteiger partial charge in [-0.15, -0.1) is 0 Å². The summed E-state index contributed by atoms with van der Waals surface area (Å²) in [6.45, 7) is 5.80. The van der Waals surface area contributed by atoms with Gasteiger partial charge in [0, 0.05) is 45.8 Å². The predicted molar refractivity (Wildman–Crippen MR) is 90.9 cm³/mol. The van der Waals surface area contributed by atoms with Crippen molar-refractivity contribution in [2.45, 2.75) is 6.54 Å². The first-order valence-electron chi connectivity index (χ1n) is 8.37. The van der Waals surface area contributed by atoms with Gasteiger partial charge in [0.2, 0.25) is 5.91 Å². The molecule has 1 aromatic carbocycles. The van der Waals surface area contributed by atoms with E-state index in [4.69, 9.17) is 10.2 Å². The molecule has 1 aromatic rings. The summed E-state index contributed by atoms with van der Waals surface area (Å²) >= 11 is 0. The van der Waals surface area contributed by atoms with Gasteiger partial charge in [-0.2, -0.15) is 13.2 Å². The molecular weight excluding hydrogens is 502 g/mol. The second-order valence-corrected chi connectivity index (χ2v) is 5.45.